The molecular formula is C37H48Cl3N5O8. The first kappa shape index (κ1) is 42.1. The number of rotatable bonds is 12. The summed E-state index contributed by atoms with van der Waals surface area (Å²) in [5.74, 6) is -2.50. The molecule has 2 fully saturated rings. The molecule has 1 unspecified atom stereocenters. The molecular weight excluding hydrogens is 749 g/mol. The van der Waals surface area contributed by atoms with Crippen molar-refractivity contribution in [1.29, 1.82) is 0 Å². The number of ether oxygens (including phenoxy) is 3. The highest BCUT2D eigenvalue weighted by molar-refractivity contribution is 6.67. The van der Waals surface area contributed by atoms with Gasteiger partial charge in [-0.3, -0.25) is 29.2 Å². The molecule has 1 aromatic heterocycles. The molecule has 1 aromatic carbocycles. The minimum atomic E-state index is -1.77. The largest absolute Gasteiger partial charge is 0.460 e. The first-order chi connectivity index (χ1) is 24.6. The van der Waals surface area contributed by atoms with Crippen LogP contribution in [0.25, 0.3) is 17.0 Å². The normalized spacial score (nSPS) is 18.5. The van der Waals surface area contributed by atoms with Gasteiger partial charge in [0.2, 0.25) is 3.79 Å². The van der Waals surface area contributed by atoms with Crippen molar-refractivity contribution in [2.24, 2.45) is 11.3 Å². The molecule has 16 heteroatoms. The Morgan fingerprint density at radius 1 is 1.00 bits per heavy atom. The molecule has 0 bridgehead atoms. The molecule has 0 spiro atoms. The lowest BCUT2D eigenvalue weighted by molar-refractivity contribution is -0.164. The number of halogens is 3. The van der Waals surface area contributed by atoms with Crippen LogP contribution in [0.2, 0.25) is 0 Å². The van der Waals surface area contributed by atoms with Gasteiger partial charge in [-0.05, 0) is 91.8 Å². The first-order valence-electron chi connectivity index (χ1n) is 17.5. The van der Waals surface area contributed by atoms with Crippen LogP contribution >= 0.6 is 34.8 Å². The van der Waals surface area contributed by atoms with Gasteiger partial charge in [0.15, 0.2) is 6.10 Å². The number of nitrogens with zero attached hydrogens (tertiary/aromatic N) is 2. The van der Waals surface area contributed by atoms with E-state index in [9.17, 15) is 24.0 Å². The molecule has 13 nitrogen and oxygen atoms in total. The molecule has 1 saturated heterocycles. The summed E-state index contributed by atoms with van der Waals surface area (Å²) in [6, 6.07) is 7.23. The van der Waals surface area contributed by atoms with Crippen LogP contribution in [0.5, 0.6) is 0 Å². The molecule has 2 heterocycles. The summed E-state index contributed by atoms with van der Waals surface area (Å²) in [5, 5.41) is 7.64. The second-order valence-electron chi connectivity index (χ2n) is 15.0. The average Bonchev–Trinajstić information content (AvgIpc) is 3.92. The number of pyridine rings is 1. The quantitative estimate of drug-likeness (QED) is 0.130. The van der Waals surface area contributed by atoms with Crippen molar-refractivity contribution in [2.75, 3.05) is 13.2 Å². The van der Waals surface area contributed by atoms with Crippen molar-refractivity contribution in [3.05, 3.63) is 47.7 Å². The van der Waals surface area contributed by atoms with Gasteiger partial charge in [-0.1, -0.05) is 65.2 Å². The molecule has 53 heavy (non-hydrogen) atoms. The third-order valence-electron chi connectivity index (χ3n) is 8.52. The van der Waals surface area contributed by atoms with Crippen LogP contribution in [-0.2, 0) is 33.4 Å². The number of alkyl carbamates (subject to hydrolysis) is 1. The van der Waals surface area contributed by atoms with E-state index in [0.717, 1.165) is 10.9 Å². The standard InChI is InChI=1S/C37H48Cl3N5O8/c1-21(42-34(50)53-35(3,4)5)26-15-14-24-11-10-23(19-28(24)43-26)16-17-36(6,7)33(49)52-29(25-12-13-25)30(46)41-22(2)31(47)45-18-8-9-27(44-45)32(48)51-20-37(38,39)40/h10-11,14-17,19,21-22,25,27,29,44H,8-9,12-13,18,20H2,1-7H3,(H,41,46)(H,42,50)/b17-16+/t21-,22+,27+,29?/m1/s1. The van der Waals surface area contributed by atoms with E-state index in [0.29, 0.717) is 43.4 Å². The maximum Gasteiger partial charge on any atom is 0.408 e. The summed E-state index contributed by atoms with van der Waals surface area (Å²) in [6.45, 7) is 12.0. The molecule has 0 radical (unpaired) electrons. The Hall–Kier alpha value is -3.65. The van der Waals surface area contributed by atoms with Crippen LogP contribution in [0.4, 0.5) is 4.79 Å². The molecule has 1 aliphatic heterocycles. The molecule has 1 saturated carbocycles. The maximum absolute atomic E-state index is 13.5. The fourth-order valence-corrected chi connectivity index (χ4v) is 5.58. The highest BCUT2D eigenvalue weighted by atomic mass is 35.6. The predicted molar refractivity (Wildman–Crippen MR) is 202 cm³/mol. The molecule has 290 valence electrons. The zero-order valence-electron chi connectivity index (χ0n) is 31.0. The van der Waals surface area contributed by atoms with E-state index in [4.69, 9.17) is 54.0 Å². The van der Waals surface area contributed by atoms with E-state index in [-0.39, 0.29) is 5.92 Å². The second kappa shape index (κ2) is 17.2. The van der Waals surface area contributed by atoms with Crippen LogP contribution in [0.3, 0.4) is 0 Å². The number of fused-ring (bicyclic) bond motifs is 1. The van der Waals surface area contributed by atoms with Crippen LogP contribution in [0.1, 0.15) is 91.4 Å². The zero-order valence-corrected chi connectivity index (χ0v) is 33.2. The van der Waals surface area contributed by atoms with Crippen LogP contribution < -0.4 is 16.1 Å². The summed E-state index contributed by atoms with van der Waals surface area (Å²) in [4.78, 5) is 69.5. The molecule has 1 aliphatic carbocycles. The van der Waals surface area contributed by atoms with Crippen LogP contribution in [-0.4, -0.2) is 80.6 Å². The number of hydrogen-bond acceptors (Lipinski definition) is 10. The zero-order chi connectivity index (χ0) is 39.3. The number of benzene rings is 1. The summed E-state index contributed by atoms with van der Waals surface area (Å²) in [5.41, 5.74) is 3.24. The number of carbonyl (C=O) groups is 5. The number of alkyl halides is 3. The Kier molecular flexibility index (Phi) is 13.7. The summed E-state index contributed by atoms with van der Waals surface area (Å²) in [6.07, 6.45) is 4.19. The van der Waals surface area contributed by atoms with Crippen LogP contribution in [0.15, 0.2) is 36.4 Å². The van der Waals surface area contributed by atoms with Crippen molar-refractivity contribution < 1.29 is 38.2 Å². The smallest absolute Gasteiger partial charge is 0.408 e. The third kappa shape index (κ3) is 12.7. The molecule has 4 rings (SSSR count). The number of hydrazine groups is 1. The molecule has 2 aromatic rings. The van der Waals surface area contributed by atoms with Gasteiger partial charge in [-0.15, -0.1) is 0 Å². The Bertz CT molecular complexity index is 1720. The van der Waals surface area contributed by atoms with Crippen molar-refractivity contribution in [2.45, 2.75) is 108 Å². The Balaban J connectivity index is 1.35. The number of nitrogens with one attached hydrogen (secondary N) is 3. The lowest BCUT2D eigenvalue weighted by Crippen LogP contribution is -2.60. The van der Waals surface area contributed by atoms with Gasteiger partial charge in [0.05, 0.1) is 22.7 Å². The number of carbonyl (C=O) groups excluding carboxylic acids is 5. The fourth-order valence-electron chi connectivity index (χ4n) is 5.42. The summed E-state index contributed by atoms with van der Waals surface area (Å²) >= 11 is 17.0. The third-order valence-corrected chi connectivity index (χ3v) is 8.85. The van der Waals surface area contributed by atoms with E-state index in [2.05, 4.69) is 16.1 Å². The van der Waals surface area contributed by atoms with Gasteiger partial charge in [0.1, 0.15) is 24.3 Å². The van der Waals surface area contributed by atoms with E-state index in [1.54, 1.807) is 46.8 Å². The predicted octanol–water partition coefficient (Wildman–Crippen LogP) is 6.10. The number of esters is 2. The highest BCUT2D eigenvalue weighted by Gasteiger charge is 2.43. The van der Waals surface area contributed by atoms with Gasteiger partial charge in [0.25, 0.3) is 11.8 Å². The van der Waals surface area contributed by atoms with E-state index < -0.39 is 75.5 Å². The van der Waals surface area contributed by atoms with Gasteiger partial charge in [-0.2, -0.15) is 0 Å². The van der Waals surface area contributed by atoms with Gasteiger partial charge >= 0.3 is 18.0 Å². The van der Waals surface area contributed by atoms with Crippen LogP contribution in [0, 0.1) is 11.3 Å². The van der Waals surface area contributed by atoms with E-state index >= 15 is 0 Å². The average molecular weight is 797 g/mol. The van der Waals surface area contributed by atoms with Gasteiger partial charge in [-0.25, -0.2) is 10.2 Å². The summed E-state index contributed by atoms with van der Waals surface area (Å²) < 4.78 is 14.4. The fraction of sp³-hybridized carbons (Fsp3) is 0.568. The Morgan fingerprint density at radius 2 is 1.68 bits per heavy atom. The number of aromatic nitrogens is 1. The molecule has 4 atom stereocenters. The van der Waals surface area contributed by atoms with Gasteiger partial charge < -0.3 is 24.8 Å². The monoisotopic (exact) mass is 795 g/mol. The van der Waals surface area contributed by atoms with E-state index in [1.165, 1.54) is 11.9 Å². The highest BCUT2D eigenvalue weighted by Crippen LogP contribution is 2.36. The van der Waals surface area contributed by atoms with E-state index in [1.807, 2.05) is 37.3 Å². The minimum absolute atomic E-state index is 0.167. The number of hydrogen-bond donors (Lipinski definition) is 3. The van der Waals surface area contributed by atoms with Gasteiger partial charge in [0, 0.05) is 17.8 Å². The van der Waals surface area contributed by atoms with Crippen molar-refractivity contribution in [1.82, 2.24) is 26.1 Å². The Morgan fingerprint density at radius 3 is 2.32 bits per heavy atom. The maximum atomic E-state index is 13.5. The molecule has 3 amide bonds. The summed E-state index contributed by atoms with van der Waals surface area (Å²) in [7, 11) is 0. The molecule has 2 aliphatic rings. The second-order valence-corrected chi connectivity index (χ2v) is 17.6. The van der Waals surface area contributed by atoms with Crippen molar-refractivity contribution in [3.63, 3.8) is 0 Å². The topological polar surface area (TPSA) is 165 Å². The lowest BCUT2D eigenvalue weighted by atomic mass is 9.92. The van der Waals surface area contributed by atoms with Crippen molar-refractivity contribution >= 4 is 81.6 Å². The van der Waals surface area contributed by atoms with Crippen molar-refractivity contribution in [3.8, 4) is 0 Å². The SMILES string of the molecule is C[C@H](NC(=O)C(OC(=O)C(C)(C)/C=C/c1ccc2ccc([C@@H](C)NC(=O)OC(C)(C)C)nc2c1)C1CC1)C(=O)N1CCC[C@@H](C(=O)OCC(Cl)(Cl)Cl)N1. The lowest BCUT2D eigenvalue weighted by Gasteiger charge is -2.34. The Labute approximate surface area is 324 Å². The minimum Gasteiger partial charge on any atom is -0.460 e. The number of amides is 3. The first-order valence-corrected chi connectivity index (χ1v) is 18.7. The molecule has 3 N–H and O–H groups in total.